The first-order valence-electron chi connectivity index (χ1n) is 6.15. The predicted molar refractivity (Wildman–Crippen MR) is 69.0 cm³/mol. The topological polar surface area (TPSA) is 21.7 Å². The quantitative estimate of drug-likeness (QED) is 0.803. The first kappa shape index (κ1) is 12.2. The van der Waals surface area contributed by atoms with Gasteiger partial charge in [0.15, 0.2) is 11.5 Å². The second-order valence-electron chi connectivity index (χ2n) is 4.72. The molecule has 1 aliphatic rings. The van der Waals surface area contributed by atoms with E-state index in [4.69, 9.17) is 9.47 Å². The Labute approximate surface area is 103 Å². The zero-order valence-electron chi connectivity index (χ0n) is 10.9. The Morgan fingerprint density at radius 3 is 2.59 bits per heavy atom. The molecule has 1 aliphatic heterocycles. The van der Waals surface area contributed by atoms with Gasteiger partial charge < -0.3 is 14.4 Å². The van der Waals surface area contributed by atoms with Crippen LogP contribution in [0.15, 0.2) is 18.2 Å². The summed E-state index contributed by atoms with van der Waals surface area (Å²) in [5, 5.41) is 0. The lowest BCUT2D eigenvalue weighted by atomic mass is 9.90. The molecule has 0 radical (unpaired) electrons. The Hall–Kier alpha value is -1.22. The van der Waals surface area contributed by atoms with Crippen LogP contribution in [-0.4, -0.2) is 39.3 Å². The molecule has 17 heavy (non-hydrogen) atoms. The van der Waals surface area contributed by atoms with Crippen molar-refractivity contribution in [2.75, 3.05) is 34.4 Å². The number of hydrogen-bond donors (Lipinski definition) is 0. The molecule has 3 heteroatoms. The highest BCUT2D eigenvalue weighted by Crippen LogP contribution is 2.33. The average Bonchev–Trinajstić information content (AvgIpc) is 2.38. The molecule has 0 saturated carbocycles. The van der Waals surface area contributed by atoms with Gasteiger partial charge in [-0.3, -0.25) is 0 Å². The minimum absolute atomic E-state index is 0.619. The number of benzene rings is 1. The number of methoxy groups -OCH3 is 2. The van der Waals surface area contributed by atoms with Gasteiger partial charge in [-0.05, 0) is 50.0 Å². The summed E-state index contributed by atoms with van der Waals surface area (Å²) in [7, 11) is 5.55. The molecule has 2 rings (SSSR count). The van der Waals surface area contributed by atoms with Crippen LogP contribution in [-0.2, 0) is 0 Å². The molecular weight excluding hydrogens is 214 g/mol. The van der Waals surface area contributed by atoms with Crippen molar-refractivity contribution in [3.63, 3.8) is 0 Å². The first-order chi connectivity index (χ1) is 8.24. The van der Waals surface area contributed by atoms with E-state index in [-0.39, 0.29) is 0 Å². The maximum atomic E-state index is 5.36. The minimum Gasteiger partial charge on any atom is -0.493 e. The zero-order valence-corrected chi connectivity index (χ0v) is 10.9. The second kappa shape index (κ2) is 5.41. The normalized spacial score (nSPS) is 21.2. The maximum absolute atomic E-state index is 5.36. The summed E-state index contributed by atoms with van der Waals surface area (Å²) in [6.07, 6.45) is 2.54. The third kappa shape index (κ3) is 2.72. The monoisotopic (exact) mass is 235 g/mol. The highest BCUT2D eigenvalue weighted by Gasteiger charge is 2.20. The summed E-state index contributed by atoms with van der Waals surface area (Å²) in [4.78, 5) is 2.39. The summed E-state index contributed by atoms with van der Waals surface area (Å²) in [5.74, 6) is 2.26. The second-order valence-corrected chi connectivity index (χ2v) is 4.72. The number of likely N-dealkylation sites (N-methyl/N-ethyl adjacent to an activating group) is 1. The fourth-order valence-electron chi connectivity index (χ4n) is 2.55. The van der Waals surface area contributed by atoms with E-state index < -0.39 is 0 Å². The van der Waals surface area contributed by atoms with Crippen LogP contribution in [0, 0.1) is 0 Å². The Morgan fingerprint density at radius 1 is 1.18 bits per heavy atom. The minimum atomic E-state index is 0.619. The summed E-state index contributed by atoms with van der Waals surface area (Å²) >= 11 is 0. The lowest BCUT2D eigenvalue weighted by molar-refractivity contribution is 0.250. The molecule has 0 aliphatic carbocycles. The maximum Gasteiger partial charge on any atom is 0.160 e. The van der Waals surface area contributed by atoms with Crippen LogP contribution in [0.3, 0.4) is 0 Å². The van der Waals surface area contributed by atoms with E-state index >= 15 is 0 Å². The van der Waals surface area contributed by atoms with Gasteiger partial charge in [-0.25, -0.2) is 0 Å². The number of likely N-dealkylation sites (tertiary alicyclic amines) is 1. The van der Waals surface area contributed by atoms with Crippen molar-refractivity contribution in [2.45, 2.75) is 18.8 Å². The van der Waals surface area contributed by atoms with Gasteiger partial charge in [0.1, 0.15) is 0 Å². The first-order valence-corrected chi connectivity index (χ1v) is 6.15. The highest BCUT2D eigenvalue weighted by atomic mass is 16.5. The van der Waals surface area contributed by atoms with Crippen LogP contribution in [0.5, 0.6) is 11.5 Å². The van der Waals surface area contributed by atoms with Crippen molar-refractivity contribution < 1.29 is 9.47 Å². The number of ether oxygens (including phenoxy) is 2. The largest absolute Gasteiger partial charge is 0.493 e. The SMILES string of the molecule is COc1ccc(C2CCCN(C)C2)cc1OC. The summed E-state index contributed by atoms with van der Waals surface area (Å²) in [5.41, 5.74) is 1.36. The molecule has 1 aromatic carbocycles. The van der Waals surface area contributed by atoms with Gasteiger partial charge in [-0.15, -0.1) is 0 Å². The van der Waals surface area contributed by atoms with Crippen LogP contribution >= 0.6 is 0 Å². The Morgan fingerprint density at radius 2 is 1.94 bits per heavy atom. The highest BCUT2D eigenvalue weighted by molar-refractivity contribution is 5.44. The molecule has 1 heterocycles. The van der Waals surface area contributed by atoms with Gasteiger partial charge >= 0.3 is 0 Å². The molecule has 1 saturated heterocycles. The van der Waals surface area contributed by atoms with Gasteiger partial charge in [0.05, 0.1) is 14.2 Å². The fraction of sp³-hybridized carbons (Fsp3) is 0.571. The Kier molecular flexibility index (Phi) is 3.89. The summed E-state index contributed by atoms with van der Waals surface area (Å²) in [6, 6.07) is 6.27. The van der Waals surface area contributed by atoms with E-state index in [0.717, 1.165) is 18.0 Å². The van der Waals surface area contributed by atoms with E-state index in [9.17, 15) is 0 Å². The molecule has 0 amide bonds. The molecule has 1 atom stereocenters. The van der Waals surface area contributed by atoms with Gasteiger partial charge in [0, 0.05) is 6.54 Å². The lowest BCUT2D eigenvalue weighted by Crippen LogP contribution is -2.30. The molecular formula is C14H21NO2. The van der Waals surface area contributed by atoms with Crippen LogP contribution < -0.4 is 9.47 Å². The molecule has 0 N–H and O–H groups in total. The van der Waals surface area contributed by atoms with Crippen molar-refractivity contribution in [3.8, 4) is 11.5 Å². The van der Waals surface area contributed by atoms with Crippen LogP contribution in [0.25, 0.3) is 0 Å². The van der Waals surface area contributed by atoms with Crippen LogP contribution in [0.4, 0.5) is 0 Å². The van der Waals surface area contributed by atoms with E-state index in [1.807, 2.05) is 6.07 Å². The van der Waals surface area contributed by atoms with E-state index in [0.29, 0.717) is 5.92 Å². The number of piperidine rings is 1. The third-order valence-corrected chi connectivity index (χ3v) is 3.50. The number of rotatable bonds is 3. The van der Waals surface area contributed by atoms with Crippen molar-refractivity contribution in [1.29, 1.82) is 0 Å². The lowest BCUT2D eigenvalue weighted by Gasteiger charge is -2.30. The average molecular weight is 235 g/mol. The molecule has 1 aromatic rings. The van der Waals surface area contributed by atoms with Crippen LogP contribution in [0.1, 0.15) is 24.3 Å². The van der Waals surface area contributed by atoms with Gasteiger partial charge in [-0.1, -0.05) is 6.07 Å². The Balaban J connectivity index is 2.20. The molecule has 1 fully saturated rings. The van der Waals surface area contributed by atoms with Crippen LogP contribution in [0.2, 0.25) is 0 Å². The van der Waals surface area contributed by atoms with E-state index in [1.165, 1.54) is 24.9 Å². The summed E-state index contributed by atoms with van der Waals surface area (Å²) < 4.78 is 10.6. The van der Waals surface area contributed by atoms with Crippen molar-refractivity contribution in [2.24, 2.45) is 0 Å². The summed E-state index contributed by atoms with van der Waals surface area (Å²) in [6.45, 7) is 2.35. The Bertz CT molecular complexity index is 378. The van der Waals surface area contributed by atoms with Gasteiger partial charge in [0.2, 0.25) is 0 Å². The molecule has 0 spiro atoms. The molecule has 1 unspecified atom stereocenters. The molecule has 0 aromatic heterocycles. The standard InChI is InChI=1S/C14H21NO2/c1-15-8-4-5-12(10-15)11-6-7-13(16-2)14(9-11)17-3/h6-7,9,12H,4-5,8,10H2,1-3H3. The zero-order chi connectivity index (χ0) is 12.3. The fourth-order valence-corrected chi connectivity index (χ4v) is 2.55. The molecule has 94 valence electrons. The predicted octanol–water partition coefficient (Wildman–Crippen LogP) is 2.51. The van der Waals surface area contributed by atoms with Gasteiger partial charge in [0.25, 0.3) is 0 Å². The number of hydrogen-bond acceptors (Lipinski definition) is 3. The van der Waals surface area contributed by atoms with Crippen molar-refractivity contribution in [1.82, 2.24) is 4.90 Å². The van der Waals surface area contributed by atoms with E-state index in [1.54, 1.807) is 14.2 Å². The van der Waals surface area contributed by atoms with Crippen molar-refractivity contribution >= 4 is 0 Å². The molecule has 0 bridgehead atoms. The smallest absolute Gasteiger partial charge is 0.160 e. The van der Waals surface area contributed by atoms with Gasteiger partial charge in [-0.2, -0.15) is 0 Å². The molecule has 3 nitrogen and oxygen atoms in total. The van der Waals surface area contributed by atoms with Crippen molar-refractivity contribution in [3.05, 3.63) is 23.8 Å². The number of nitrogens with zero attached hydrogens (tertiary/aromatic N) is 1. The third-order valence-electron chi connectivity index (χ3n) is 3.50. The van der Waals surface area contributed by atoms with E-state index in [2.05, 4.69) is 24.1 Å².